The Balaban J connectivity index is 1.71. The second kappa shape index (κ2) is 7.06. The predicted octanol–water partition coefficient (Wildman–Crippen LogP) is 3.92. The molecule has 0 N–H and O–H groups in total. The minimum absolute atomic E-state index is 0.0476. The number of nitro groups is 1. The molecule has 0 atom stereocenters. The predicted molar refractivity (Wildman–Crippen MR) is 99.8 cm³/mol. The molecule has 2 heterocycles. The van der Waals surface area contributed by atoms with E-state index in [1.807, 2.05) is 23.1 Å². The summed E-state index contributed by atoms with van der Waals surface area (Å²) < 4.78 is 10.7. The lowest BCUT2D eigenvalue weighted by Gasteiger charge is -2.17. The molecule has 0 saturated carbocycles. The topological polar surface area (TPSA) is 94.5 Å². The van der Waals surface area contributed by atoms with Crippen molar-refractivity contribution in [3.8, 4) is 28.6 Å². The van der Waals surface area contributed by atoms with Gasteiger partial charge in [-0.05, 0) is 37.1 Å². The normalized spacial score (nSPS) is 13.7. The first kappa shape index (κ1) is 17.0. The fraction of sp³-hybridized carbons (Fsp3) is 0.263. The fourth-order valence-corrected chi connectivity index (χ4v) is 3.31. The molecule has 138 valence electrons. The number of aromatic nitrogens is 2. The summed E-state index contributed by atoms with van der Waals surface area (Å²) >= 11 is 0. The molecule has 1 fully saturated rings. The van der Waals surface area contributed by atoms with E-state index in [9.17, 15) is 10.1 Å². The number of nitro benzene ring substituents is 1. The van der Waals surface area contributed by atoms with Crippen LogP contribution in [0.1, 0.15) is 12.8 Å². The summed E-state index contributed by atoms with van der Waals surface area (Å²) in [6, 6.07) is 12.4. The summed E-state index contributed by atoms with van der Waals surface area (Å²) in [7, 11) is 1.57. The summed E-state index contributed by atoms with van der Waals surface area (Å²) in [4.78, 5) is 17.6. The molecule has 0 spiro atoms. The van der Waals surface area contributed by atoms with Crippen molar-refractivity contribution in [2.45, 2.75) is 12.8 Å². The summed E-state index contributed by atoms with van der Waals surface area (Å²) in [6.07, 6.45) is 2.09. The quantitative estimate of drug-likeness (QED) is 0.499. The lowest BCUT2D eigenvalue weighted by molar-refractivity contribution is -0.384. The Kier molecular flexibility index (Phi) is 4.45. The Morgan fingerprint density at radius 3 is 2.70 bits per heavy atom. The Morgan fingerprint density at radius 1 is 1.19 bits per heavy atom. The van der Waals surface area contributed by atoms with Gasteiger partial charge in [-0.3, -0.25) is 10.1 Å². The molecule has 1 aliphatic rings. The van der Waals surface area contributed by atoms with Gasteiger partial charge in [0.15, 0.2) is 0 Å². The molecule has 27 heavy (non-hydrogen) atoms. The molecule has 0 radical (unpaired) electrons. The molecule has 0 unspecified atom stereocenters. The Labute approximate surface area is 155 Å². The van der Waals surface area contributed by atoms with E-state index in [0.717, 1.165) is 25.9 Å². The molecular weight excluding hydrogens is 348 g/mol. The second-order valence-electron chi connectivity index (χ2n) is 6.28. The van der Waals surface area contributed by atoms with Gasteiger partial charge in [0.05, 0.1) is 17.6 Å². The van der Waals surface area contributed by atoms with Crippen LogP contribution in [0.15, 0.2) is 47.0 Å². The fourth-order valence-electron chi connectivity index (χ4n) is 3.31. The largest absolute Gasteiger partial charge is 0.496 e. The van der Waals surface area contributed by atoms with Crippen LogP contribution in [-0.4, -0.2) is 35.3 Å². The van der Waals surface area contributed by atoms with Crippen molar-refractivity contribution in [1.82, 2.24) is 10.1 Å². The summed E-state index contributed by atoms with van der Waals surface area (Å²) in [6.45, 7) is 1.66. The van der Waals surface area contributed by atoms with Crippen molar-refractivity contribution >= 4 is 11.4 Å². The monoisotopic (exact) mass is 366 g/mol. The van der Waals surface area contributed by atoms with Crippen LogP contribution in [0.3, 0.4) is 0 Å². The zero-order valence-electron chi connectivity index (χ0n) is 14.8. The molecule has 1 aromatic heterocycles. The third-order valence-electron chi connectivity index (χ3n) is 4.64. The highest BCUT2D eigenvalue weighted by Crippen LogP contribution is 2.35. The number of nitrogens with zero attached hydrogens (tertiary/aromatic N) is 4. The van der Waals surface area contributed by atoms with Gasteiger partial charge in [-0.2, -0.15) is 4.98 Å². The van der Waals surface area contributed by atoms with E-state index in [2.05, 4.69) is 10.1 Å². The number of hydrogen-bond acceptors (Lipinski definition) is 7. The molecule has 0 bridgehead atoms. The Morgan fingerprint density at radius 2 is 1.96 bits per heavy atom. The van der Waals surface area contributed by atoms with E-state index in [1.165, 1.54) is 6.07 Å². The number of rotatable bonds is 5. The van der Waals surface area contributed by atoms with E-state index in [0.29, 0.717) is 28.4 Å². The van der Waals surface area contributed by atoms with Gasteiger partial charge in [0.1, 0.15) is 11.4 Å². The highest BCUT2D eigenvalue weighted by Gasteiger charge is 2.24. The van der Waals surface area contributed by atoms with Crippen LogP contribution in [-0.2, 0) is 0 Å². The third-order valence-corrected chi connectivity index (χ3v) is 4.64. The first-order valence-corrected chi connectivity index (χ1v) is 8.68. The molecule has 8 heteroatoms. The van der Waals surface area contributed by atoms with E-state index in [-0.39, 0.29) is 16.5 Å². The minimum Gasteiger partial charge on any atom is -0.496 e. The summed E-state index contributed by atoms with van der Waals surface area (Å²) in [5.74, 6) is 1.22. The number of benzene rings is 2. The van der Waals surface area contributed by atoms with Gasteiger partial charge < -0.3 is 14.2 Å². The van der Waals surface area contributed by atoms with E-state index in [4.69, 9.17) is 9.26 Å². The van der Waals surface area contributed by atoms with Crippen LogP contribution < -0.4 is 9.64 Å². The number of para-hydroxylation sites is 1. The van der Waals surface area contributed by atoms with Crippen molar-refractivity contribution in [2.24, 2.45) is 0 Å². The zero-order valence-corrected chi connectivity index (χ0v) is 14.8. The van der Waals surface area contributed by atoms with Gasteiger partial charge >= 0.3 is 0 Å². The lowest BCUT2D eigenvalue weighted by Crippen LogP contribution is -2.18. The second-order valence-corrected chi connectivity index (χ2v) is 6.28. The molecule has 2 aromatic carbocycles. The maximum Gasteiger partial charge on any atom is 0.293 e. The van der Waals surface area contributed by atoms with Gasteiger partial charge in [-0.1, -0.05) is 17.3 Å². The van der Waals surface area contributed by atoms with Gasteiger partial charge in [0.25, 0.3) is 11.6 Å². The number of methoxy groups -OCH3 is 1. The van der Waals surface area contributed by atoms with Crippen LogP contribution in [0.25, 0.3) is 22.8 Å². The molecule has 1 aliphatic heterocycles. The van der Waals surface area contributed by atoms with Gasteiger partial charge in [0.2, 0.25) is 5.82 Å². The molecule has 8 nitrogen and oxygen atoms in total. The van der Waals surface area contributed by atoms with Crippen molar-refractivity contribution in [2.75, 3.05) is 25.1 Å². The van der Waals surface area contributed by atoms with Crippen LogP contribution in [0, 0.1) is 10.1 Å². The van der Waals surface area contributed by atoms with Gasteiger partial charge in [-0.15, -0.1) is 0 Å². The number of hydrogen-bond donors (Lipinski definition) is 0. The Hall–Kier alpha value is -3.42. The molecular formula is C19H18N4O4. The first-order chi connectivity index (χ1) is 13.2. The van der Waals surface area contributed by atoms with Crippen molar-refractivity contribution in [3.63, 3.8) is 0 Å². The molecule has 3 aromatic rings. The average Bonchev–Trinajstić information content (AvgIpc) is 3.39. The molecule has 1 saturated heterocycles. The lowest BCUT2D eigenvalue weighted by atomic mass is 10.1. The van der Waals surface area contributed by atoms with Crippen molar-refractivity contribution in [3.05, 3.63) is 52.6 Å². The smallest absolute Gasteiger partial charge is 0.293 e. The van der Waals surface area contributed by atoms with Crippen LogP contribution in [0.4, 0.5) is 11.4 Å². The van der Waals surface area contributed by atoms with E-state index < -0.39 is 0 Å². The molecule has 0 aliphatic carbocycles. The van der Waals surface area contributed by atoms with E-state index in [1.54, 1.807) is 25.3 Å². The van der Waals surface area contributed by atoms with Gasteiger partial charge in [0, 0.05) is 24.7 Å². The van der Waals surface area contributed by atoms with Crippen LogP contribution in [0.2, 0.25) is 0 Å². The highest BCUT2D eigenvalue weighted by molar-refractivity contribution is 5.72. The first-order valence-electron chi connectivity index (χ1n) is 8.68. The SMILES string of the molecule is COc1ccccc1-c1noc(-c2ccc(N3CCCC3)c([N+](=O)[O-])c2)n1. The highest BCUT2D eigenvalue weighted by atomic mass is 16.6. The Bertz CT molecular complexity index is 979. The molecule has 0 amide bonds. The van der Waals surface area contributed by atoms with Crippen molar-refractivity contribution < 1.29 is 14.2 Å². The molecule has 4 rings (SSSR count). The minimum atomic E-state index is -0.366. The maximum absolute atomic E-state index is 11.6. The average molecular weight is 366 g/mol. The van der Waals surface area contributed by atoms with E-state index >= 15 is 0 Å². The van der Waals surface area contributed by atoms with Crippen molar-refractivity contribution in [1.29, 1.82) is 0 Å². The third kappa shape index (κ3) is 3.21. The number of ether oxygens (including phenoxy) is 1. The summed E-state index contributed by atoms with van der Waals surface area (Å²) in [5, 5.41) is 15.6. The van der Waals surface area contributed by atoms with Gasteiger partial charge in [-0.25, -0.2) is 0 Å². The number of anilines is 1. The van der Waals surface area contributed by atoms with Crippen LogP contribution in [0.5, 0.6) is 5.75 Å². The maximum atomic E-state index is 11.6. The zero-order chi connectivity index (χ0) is 18.8. The van der Waals surface area contributed by atoms with Crippen LogP contribution >= 0.6 is 0 Å². The standard InChI is InChI=1S/C19H18N4O4/c1-26-17-7-3-2-6-14(17)18-20-19(27-21-18)13-8-9-15(16(12-13)23(24)25)22-10-4-5-11-22/h2-3,6-9,12H,4-5,10-11H2,1H3. The summed E-state index contributed by atoms with van der Waals surface area (Å²) in [5.41, 5.74) is 1.88.